The lowest BCUT2D eigenvalue weighted by Crippen LogP contribution is -2.48. The van der Waals surface area contributed by atoms with Gasteiger partial charge in [-0.05, 0) is 48.7 Å². The number of hydrogen-bond acceptors (Lipinski definition) is 7. The highest BCUT2D eigenvalue weighted by molar-refractivity contribution is 5.99. The van der Waals surface area contributed by atoms with Crippen molar-refractivity contribution < 1.29 is 28.3 Å². The van der Waals surface area contributed by atoms with Gasteiger partial charge in [0.2, 0.25) is 17.7 Å². The van der Waals surface area contributed by atoms with Crippen LogP contribution in [0.25, 0.3) is 0 Å². The molecular weight excluding hydrogens is 519 g/mol. The molecule has 12 heteroatoms. The molecule has 1 aromatic carbocycles. The number of benzene rings is 1. The van der Waals surface area contributed by atoms with Crippen LogP contribution in [0.4, 0.5) is 4.39 Å². The Kier molecular flexibility index (Phi) is 9.30. The summed E-state index contributed by atoms with van der Waals surface area (Å²) in [6, 6.07) is 5.51. The van der Waals surface area contributed by atoms with Gasteiger partial charge in [0.05, 0.1) is 11.6 Å². The Bertz CT molecular complexity index is 1240. The molecule has 3 N–H and O–H groups in total. The van der Waals surface area contributed by atoms with Crippen LogP contribution in [0.1, 0.15) is 41.6 Å². The summed E-state index contributed by atoms with van der Waals surface area (Å²) < 4.78 is 20.3. The highest BCUT2D eigenvalue weighted by atomic mass is 19.1. The molecule has 3 atom stereocenters. The topological polar surface area (TPSA) is 138 Å². The molecule has 0 aliphatic carbocycles. The van der Waals surface area contributed by atoms with E-state index in [2.05, 4.69) is 10.3 Å². The van der Waals surface area contributed by atoms with Gasteiger partial charge >= 0.3 is 0 Å². The summed E-state index contributed by atoms with van der Waals surface area (Å²) in [4.78, 5) is 61.2. The van der Waals surface area contributed by atoms with Crippen LogP contribution in [0.5, 0.6) is 5.75 Å². The molecule has 40 heavy (non-hydrogen) atoms. The van der Waals surface area contributed by atoms with Crippen molar-refractivity contribution in [2.45, 2.75) is 50.4 Å². The lowest BCUT2D eigenvalue weighted by Gasteiger charge is -2.30. The van der Waals surface area contributed by atoms with E-state index >= 15 is 0 Å². The van der Waals surface area contributed by atoms with Gasteiger partial charge in [-0.25, -0.2) is 4.39 Å². The summed E-state index contributed by atoms with van der Waals surface area (Å²) in [7, 11) is 3.04. The van der Waals surface area contributed by atoms with Crippen molar-refractivity contribution in [2.75, 3.05) is 33.8 Å². The predicted octanol–water partition coefficient (Wildman–Crippen LogP) is 0.927. The number of nitrogens with two attached hydrogens (primary N) is 1. The van der Waals surface area contributed by atoms with Crippen LogP contribution in [0.3, 0.4) is 0 Å². The van der Waals surface area contributed by atoms with Gasteiger partial charge in [0.25, 0.3) is 5.91 Å². The zero-order valence-corrected chi connectivity index (χ0v) is 22.7. The van der Waals surface area contributed by atoms with E-state index in [4.69, 9.17) is 10.5 Å². The number of nitrogens with one attached hydrogen (secondary N) is 1. The van der Waals surface area contributed by atoms with Gasteiger partial charge in [-0.15, -0.1) is 0 Å². The summed E-state index contributed by atoms with van der Waals surface area (Å²) >= 11 is 0. The number of nitrogens with zero attached hydrogens (tertiary/aromatic N) is 4. The number of halogens is 1. The van der Waals surface area contributed by atoms with E-state index in [1.165, 1.54) is 29.0 Å². The summed E-state index contributed by atoms with van der Waals surface area (Å²) in [5.41, 5.74) is 6.88. The average molecular weight is 555 g/mol. The third-order valence-electron chi connectivity index (χ3n) is 7.40. The number of ether oxygens (including phenoxy) is 1. The maximum Gasteiger partial charge on any atom is 0.258 e. The number of carbonyl (C=O) groups excluding carboxylic acids is 4. The van der Waals surface area contributed by atoms with Gasteiger partial charge in [0.1, 0.15) is 24.2 Å². The second kappa shape index (κ2) is 12.9. The molecule has 1 fully saturated rings. The van der Waals surface area contributed by atoms with E-state index in [0.717, 1.165) is 11.6 Å². The first-order valence-corrected chi connectivity index (χ1v) is 13.3. The van der Waals surface area contributed by atoms with Gasteiger partial charge in [-0.2, -0.15) is 0 Å². The number of carbonyl (C=O) groups is 4. The van der Waals surface area contributed by atoms with Crippen molar-refractivity contribution in [1.82, 2.24) is 25.0 Å². The van der Waals surface area contributed by atoms with E-state index in [-0.39, 0.29) is 74.2 Å². The molecule has 0 bridgehead atoms. The fourth-order valence-electron chi connectivity index (χ4n) is 5.02. The van der Waals surface area contributed by atoms with Crippen LogP contribution in [0.15, 0.2) is 42.7 Å². The highest BCUT2D eigenvalue weighted by Crippen LogP contribution is 2.26. The molecule has 4 rings (SSSR count). The standard InChI is InChI=1S/C28H35FN6O5/c1-33-12-9-26(37)35-16-20(30)14-21(35)17-40-24-5-3-19(29)13-22(24)28(39)34(2)23(4-6-25(33)36)27(38)32-15-18-7-10-31-11-8-18/h3,5,7-8,10-11,13,20-21,23H,4,6,9,12,14-17,30H2,1-2H3,(H,32,38)/t20-,21+,23+/m1/s1. The number of amides is 4. The lowest BCUT2D eigenvalue weighted by atomic mass is 10.1. The molecule has 1 aromatic heterocycles. The molecule has 2 aromatic rings. The lowest BCUT2D eigenvalue weighted by molar-refractivity contribution is -0.134. The Hall–Kier alpha value is -4.06. The Morgan fingerprint density at radius 3 is 2.62 bits per heavy atom. The van der Waals surface area contributed by atoms with Gasteiger partial charge in [-0.1, -0.05) is 0 Å². The fourth-order valence-corrected chi connectivity index (χ4v) is 5.02. The summed E-state index contributed by atoms with van der Waals surface area (Å²) in [5.74, 6) is -2.04. The smallest absolute Gasteiger partial charge is 0.258 e. The number of pyridine rings is 1. The summed E-state index contributed by atoms with van der Waals surface area (Å²) in [6.45, 7) is 0.815. The second-order valence-corrected chi connectivity index (χ2v) is 10.3. The quantitative estimate of drug-likeness (QED) is 0.576. The summed E-state index contributed by atoms with van der Waals surface area (Å²) in [6.07, 6.45) is 3.81. The minimum absolute atomic E-state index is 0.0239. The van der Waals surface area contributed by atoms with Gasteiger partial charge < -0.3 is 30.5 Å². The number of fused-ring (bicyclic) bond motifs is 2. The first-order chi connectivity index (χ1) is 19.1. The van der Waals surface area contributed by atoms with E-state index in [1.807, 2.05) is 0 Å². The van der Waals surface area contributed by atoms with Crippen LogP contribution in [-0.4, -0.2) is 95.2 Å². The molecular formula is C28H35FN6O5. The van der Waals surface area contributed by atoms with Crippen LogP contribution < -0.4 is 15.8 Å². The van der Waals surface area contributed by atoms with E-state index in [9.17, 15) is 23.6 Å². The maximum absolute atomic E-state index is 14.3. The van der Waals surface area contributed by atoms with Crippen molar-refractivity contribution >= 4 is 23.6 Å². The van der Waals surface area contributed by atoms with Gasteiger partial charge in [0.15, 0.2) is 0 Å². The van der Waals surface area contributed by atoms with E-state index in [0.29, 0.717) is 13.0 Å². The first-order valence-electron chi connectivity index (χ1n) is 13.3. The third kappa shape index (κ3) is 6.92. The Morgan fingerprint density at radius 2 is 1.88 bits per heavy atom. The number of rotatable bonds is 3. The molecule has 0 unspecified atom stereocenters. The Morgan fingerprint density at radius 1 is 1.12 bits per heavy atom. The van der Waals surface area contributed by atoms with Crippen LogP contribution in [0.2, 0.25) is 0 Å². The SMILES string of the molecule is CN1CCC(=O)N2C[C@H](N)C[C@H]2COc2ccc(F)cc2C(=O)N(C)[C@H](C(=O)NCc2ccncc2)CCC1=O. The van der Waals surface area contributed by atoms with Crippen molar-refractivity contribution in [1.29, 1.82) is 0 Å². The second-order valence-electron chi connectivity index (χ2n) is 10.3. The molecule has 0 radical (unpaired) electrons. The molecule has 214 valence electrons. The number of hydrogen-bond donors (Lipinski definition) is 2. The third-order valence-corrected chi connectivity index (χ3v) is 7.40. The Labute approximate surface area is 232 Å². The van der Waals surface area contributed by atoms with Crippen molar-refractivity contribution in [3.05, 3.63) is 59.7 Å². The number of likely N-dealkylation sites (N-methyl/N-ethyl adjacent to an activating group) is 1. The molecule has 0 spiro atoms. The molecule has 3 heterocycles. The zero-order chi connectivity index (χ0) is 28.8. The zero-order valence-electron chi connectivity index (χ0n) is 22.7. The van der Waals surface area contributed by atoms with Gasteiger partial charge in [-0.3, -0.25) is 24.2 Å². The maximum atomic E-state index is 14.3. The fraction of sp³-hybridized carbons (Fsp3) is 0.464. The monoisotopic (exact) mass is 554 g/mol. The molecule has 4 amide bonds. The summed E-state index contributed by atoms with van der Waals surface area (Å²) in [5, 5.41) is 2.82. The average Bonchev–Trinajstić information content (AvgIpc) is 3.33. The van der Waals surface area contributed by atoms with E-state index < -0.39 is 23.7 Å². The first kappa shape index (κ1) is 28.9. The predicted molar refractivity (Wildman–Crippen MR) is 143 cm³/mol. The van der Waals surface area contributed by atoms with Crippen molar-refractivity contribution in [3.63, 3.8) is 0 Å². The number of aromatic nitrogens is 1. The largest absolute Gasteiger partial charge is 0.491 e. The van der Waals surface area contributed by atoms with Crippen molar-refractivity contribution in [2.24, 2.45) is 5.73 Å². The molecule has 2 aliphatic rings. The molecule has 2 aliphatic heterocycles. The Balaban J connectivity index is 1.63. The van der Waals surface area contributed by atoms with E-state index in [1.54, 1.807) is 36.5 Å². The van der Waals surface area contributed by atoms with Crippen LogP contribution in [0, 0.1) is 5.82 Å². The van der Waals surface area contributed by atoms with Crippen LogP contribution >= 0.6 is 0 Å². The molecule has 11 nitrogen and oxygen atoms in total. The molecule has 0 saturated carbocycles. The van der Waals surface area contributed by atoms with Crippen LogP contribution in [-0.2, 0) is 20.9 Å². The molecule has 1 saturated heterocycles. The normalized spacial score (nSPS) is 22.9. The minimum atomic E-state index is -1.03. The van der Waals surface area contributed by atoms with Crippen molar-refractivity contribution in [3.8, 4) is 5.75 Å². The highest BCUT2D eigenvalue weighted by Gasteiger charge is 2.35. The minimum Gasteiger partial charge on any atom is -0.491 e. The van der Waals surface area contributed by atoms with Gasteiger partial charge in [0, 0.05) is 65.0 Å².